The molecule has 1 aliphatic rings. The van der Waals surface area contributed by atoms with Crippen molar-refractivity contribution in [1.29, 1.82) is 0 Å². The first kappa shape index (κ1) is 16.8. The van der Waals surface area contributed by atoms with E-state index in [9.17, 15) is 9.18 Å². The summed E-state index contributed by atoms with van der Waals surface area (Å²) < 4.78 is 30.4. The number of rotatable bonds is 5. The van der Waals surface area contributed by atoms with E-state index in [-0.39, 0.29) is 13.2 Å². The number of carbonyl (C=O) groups is 1. The Hall–Kier alpha value is -1.54. The molecule has 122 valence electrons. The second-order valence-corrected chi connectivity index (χ2v) is 5.17. The monoisotopic (exact) mass is 312 g/mol. The molecule has 4 N–H and O–H groups in total. The van der Waals surface area contributed by atoms with Crippen LogP contribution in [0.15, 0.2) is 30.3 Å². The topological polar surface area (TPSA) is 96.8 Å². The van der Waals surface area contributed by atoms with Crippen molar-refractivity contribution in [3.63, 3.8) is 0 Å². The number of nitrogens with two attached hydrogens (primary N) is 2. The Morgan fingerprint density at radius 3 is 2.64 bits per heavy atom. The molecule has 1 heterocycles. The zero-order chi connectivity index (χ0) is 16.1. The minimum Gasteiger partial charge on any atom is -0.457 e. The molecule has 0 spiro atoms. The number of alkyl halides is 1. The van der Waals surface area contributed by atoms with E-state index in [1.165, 1.54) is 6.92 Å². The van der Waals surface area contributed by atoms with Crippen LogP contribution in [0.25, 0.3) is 0 Å². The van der Waals surface area contributed by atoms with Crippen LogP contribution < -0.4 is 11.5 Å². The van der Waals surface area contributed by atoms with Gasteiger partial charge >= 0.3 is 5.97 Å². The summed E-state index contributed by atoms with van der Waals surface area (Å²) in [7, 11) is 0. The van der Waals surface area contributed by atoms with Gasteiger partial charge in [0.1, 0.15) is 6.10 Å². The van der Waals surface area contributed by atoms with Crippen molar-refractivity contribution in [2.45, 2.75) is 44.2 Å². The summed E-state index contributed by atoms with van der Waals surface area (Å²) in [5.41, 5.74) is 12.3. The van der Waals surface area contributed by atoms with Gasteiger partial charge in [0, 0.05) is 13.5 Å². The number of halogens is 1. The number of hydrogen-bond donors (Lipinski definition) is 2. The van der Waals surface area contributed by atoms with Crippen molar-refractivity contribution in [2.24, 2.45) is 11.5 Å². The average molecular weight is 312 g/mol. The highest BCUT2D eigenvalue weighted by molar-refractivity contribution is 5.66. The molecule has 1 saturated heterocycles. The van der Waals surface area contributed by atoms with Gasteiger partial charge in [-0.05, 0) is 5.56 Å². The molecule has 0 saturated carbocycles. The van der Waals surface area contributed by atoms with Crippen molar-refractivity contribution in [3.8, 4) is 0 Å². The molecule has 0 aliphatic carbocycles. The Morgan fingerprint density at radius 1 is 1.36 bits per heavy atom. The third-order valence-electron chi connectivity index (χ3n) is 3.46. The summed E-state index contributed by atoms with van der Waals surface area (Å²) in [6.45, 7) is 1.43. The van der Waals surface area contributed by atoms with Crippen LogP contribution in [0.3, 0.4) is 0 Å². The Labute approximate surface area is 128 Å². The van der Waals surface area contributed by atoms with Gasteiger partial charge in [0.25, 0.3) is 0 Å². The zero-order valence-corrected chi connectivity index (χ0v) is 12.4. The second-order valence-electron chi connectivity index (χ2n) is 5.17. The summed E-state index contributed by atoms with van der Waals surface area (Å²) in [4.78, 5) is 11.1. The normalized spacial score (nSPS) is 31.7. The Morgan fingerprint density at radius 2 is 2.05 bits per heavy atom. The van der Waals surface area contributed by atoms with Gasteiger partial charge in [0.2, 0.25) is 0 Å². The molecule has 0 bridgehead atoms. The Kier molecular flexibility index (Phi) is 5.84. The van der Waals surface area contributed by atoms with Gasteiger partial charge in [0.05, 0.1) is 12.6 Å². The molecule has 0 amide bonds. The van der Waals surface area contributed by atoms with Crippen molar-refractivity contribution in [3.05, 3.63) is 35.9 Å². The largest absolute Gasteiger partial charge is 0.457 e. The summed E-state index contributed by atoms with van der Waals surface area (Å²) in [5, 5.41) is 0. The van der Waals surface area contributed by atoms with E-state index < -0.39 is 36.7 Å². The Balaban J connectivity index is 2.00. The molecule has 6 nitrogen and oxygen atoms in total. The molecule has 1 aromatic carbocycles. The molecule has 1 aliphatic heterocycles. The molecule has 2 rings (SSSR count). The fraction of sp³-hybridized carbons (Fsp3) is 0.533. The quantitative estimate of drug-likeness (QED) is 0.768. The smallest absolute Gasteiger partial charge is 0.303 e. The lowest BCUT2D eigenvalue weighted by Gasteiger charge is -2.41. The SMILES string of the molecule is CC(=O)O[C@H]1[C@@H](F)[C@@H](N)C(OCc2ccccc2)O[C@@H]1CN. The molecule has 5 atom stereocenters. The van der Waals surface area contributed by atoms with Crippen LogP contribution in [0.2, 0.25) is 0 Å². The van der Waals surface area contributed by atoms with Crippen LogP contribution >= 0.6 is 0 Å². The summed E-state index contributed by atoms with van der Waals surface area (Å²) in [5.74, 6) is -0.606. The lowest BCUT2D eigenvalue weighted by atomic mass is 9.98. The maximum Gasteiger partial charge on any atom is 0.303 e. The van der Waals surface area contributed by atoms with E-state index >= 15 is 0 Å². The third kappa shape index (κ3) is 4.01. The second kappa shape index (κ2) is 7.64. The average Bonchev–Trinajstić information content (AvgIpc) is 2.52. The first-order valence-corrected chi connectivity index (χ1v) is 7.11. The van der Waals surface area contributed by atoms with E-state index in [4.69, 9.17) is 25.7 Å². The number of benzene rings is 1. The van der Waals surface area contributed by atoms with Gasteiger partial charge in [-0.1, -0.05) is 30.3 Å². The van der Waals surface area contributed by atoms with Crippen LogP contribution in [0, 0.1) is 0 Å². The van der Waals surface area contributed by atoms with Crippen LogP contribution in [0.5, 0.6) is 0 Å². The van der Waals surface area contributed by atoms with Gasteiger partial charge < -0.3 is 25.7 Å². The van der Waals surface area contributed by atoms with E-state index in [0.717, 1.165) is 5.56 Å². The first-order chi connectivity index (χ1) is 10.5. The molecule has 1 unspecified atom stereocenters. The van der Waals surface area contributed by atoms with E-state index in [2.05, 4.69) is 0 Å². The summed E-state index contributed by atoms with van der Waals surface area (Å²) in [6, 6.07) is 8.33. The van der Waals surface area contributed by atoms with Gasteiger partial charge in [-0.15, -0.1) is 0 Å². The number of carbonyl (C=O) groups excluding carboxylic acids is 1. The number of hydrogen-bond acceptors (Lipinski definition) is 6. The van der Waals surface area contributed by atoms with Crippen molar-refractivity contribution in [2.75, 3.05) is 6.54 Å². The Bertz CT molecular complexity index is 486. The van der Waals surface area contributed by atoms with Crippen LogP contribution in [0.1, 0.15) is 12.5 Å². The summed E-state index contributed by atoms with van der Waals surface area (Å²) in [6.07, 6.45) is -4.46. The highest BCUT2D eigenvalue weighted by Gasteiger charge is 2.46. The molecule has 0 radical (unpaired) electrons. The molecule has 1 fully saturated rings. The molecule has 22 heavy (non-hydrogen) atoms. The van der Waals surface area contributed by atoms with Crippen molar-refractivity contribution >= 4 is 5.97 Å². The van der Waals surface area contributed by atoms with E-state index in [0.29, 0.717) is 0 Å². The van der Waals surface area contributed by atoms with Gasteiger partial charge in [0.15, 0.2) is 18.6 Å². The van der Waals surface area contributed by atoms with Crippen molar-refractivity contribution < 1.29 is 23.4 Å². The first-order valence-electron chi connectivity index (χ1n) is 7.11. The molecular formula is C15H21FN2O4. The highest BCUT2D eigenvalue weighted by atomic mass is 19.1. The fourth-order valence-corrected chi connectivity index (χ4v) is 2.34. The highest BCUT2D eigenvalue weighted by Crippen LogP contribution is 2.26. The van der Waals surface area contributed by atoms with Crippen LogP contribution in [-0.2, 0) is 25.6 Å². The molecule has 1 aromatic rings. The fourth-order valence-electron chi connectivity index (χ4n) is 2.34. The van der Waals surface area contributed by atoms with Crippen LogP contribution in [-0.4, -0.2) is 43.2 Å². The van der Waals surface area contributed by atoms with Crippen molar-refractivity contribution in [1.82, 2.24) is 0 Å². The van der Waals surface area contributed by atoms with E-state index in [1.54, 1.807) is 0 Å². The van der Waals surface area contributed by atoms with Gasteiger partial charge in [-0.25, -0.2) is 4.39 Å². The minimum absolute atomic E-state index is 0.00369. The summed E-state index contributed by atoms with van der Waals surface area (Å²) >= 11 is 0. The predicted octanol–water partition coefficient (Wildman–Crippen LogP) is 0.484. The molecular weight excluding hydrogens is 291 g/mol. The predicted molar refractivity (Wildman–Crippen MR) is 77.4 cm³/mol. The lowest BCUT2D eigenvalue weighted by molar-refractivity contribution is -0.255. The van der Waals surface area contributed by atoms with Crippen LogP contribution in [0.4, 0.5) is 4.39 Å². The standard InChI is InChI=1S/C15H21FN2O4/c1-9(19)21-14-11(7-17)22-15(13(18)12(14)16)20-8-10-5-3-2-4-6-10/h2-6,11-15H,7-8,17-18H2,1H3/t11-,12+,13-,14-,15?/m1/s1. The molecule has 0 aromatic heterocycles. The number of ether oxygens (including phenoxy) is 3. The third-order valence-corrected chi connectivity index (χ3v) is 3.46. The maximum atomic E-state index is 14.4. The minimum atomic E-state index is -1.60. The maximum absolute atomic E-state index is 14.4. The molecule has 7 heteroatoms. The number of esters is 1. The zero-order valence-electron chi connectivity index (χ0n) is 12.4. The van der Waals surface area contributed by atoms with E-state index in [1.807, 2.05) is 30.3 Å². The lowest BCUT2D eigenvalue weighted by Crippen LogP contribution is -2.62. The van der Waals surface area contributed by atoms with Gasteiger partial charge in [-0.3, -0.25) is 4.79 Å². The van der Waals surface area contributed by atoms with Gasteiger partial charge in [-0.2, -0.15) is 0 Å².